The van der Waals surface area contributed by atoms with Crippen molar-refractivity contribution in [3.8, 4) is 0 Å². The quantitative estimate of drug-likeness (QED) is 0.807. The van der Waals surface area contributed by atoms with Gasteiger partial charge in [-0.2, -0.15) is 10.2 Å². The molecule has 0 radical (unpaired) electrons. The normalized spacial score (nSPS) is 10.9. The molecule has 6 heteroatoms. The molecule has 0 fully saturated rings. The van der Waals surface area contributed by atoms with Crippen LogP contribution in [-0.2, 0) is 13.1 Å². The van der Waals surface area contributed by atoms with Gasteiger partial charge in [-0.15, -0.1) is 0 Å². The molecular formula is C9H10ClIN4. The first-order chi connectivity index (χ1) is 7.19. The maximum atomic E-state index is 5.92. The van der Waals surface area contributed by atoms with Crippen molar-refractivity contribution >= 4 is 34.2 Å². The Balaban J connectivity index is 2.14. The zero-order valence-electron chi connectivity index (χ0n) is 8.19. The Kier molecular flexibility index (Phi) is 3.30. The summed E-state index contributed by atoms with van der Waals surface area (Å²) in [5, 5.41) is 9.17. The van der Waals surface area contributed by atoms with Crippen LogP contribution in [0.5, 0.6) is 0 Å². The van der Waals surface area contributed by atoms with Crippen molar-refractivity contribution in [1.82, 2.24) is 19.6 Å². The highest BCUT2D eigenvalue weighted by molar-refractivity contribution is 14.1. The average Bonchev–Trinajstić information content (AvgIpc) is 2.76. The number of nitrogens with zero attached hydrogens (tertiary/aromatic N) is 4. The Hall–Kier alpha value is -0.560. The Morgan fingerprint density at radius 3 is 2.73 bits per heavy atom. The molecule has 0 aliphatic heterocycles. The molecule has 2 aromatic rings. The number of hydrogen-bond donors (Lipinski definition) is 0. The van der Waals surface area contributed by atoms with Crippen molar-refractivity contribution in [2.24, 2.45) is 0 Å². The topological polar surface area (TPSA) is 35.6 Å². The van der Waals surface area contributed by atoms with Gasteiger partial charge in [-0.1, -0.05) is 11.6 Å². The van der Waals surface area contributed by atoms with Gasteiger partial charge in [0.05, 0.1) is 17.8 Å². The predicted octanol–water partition coefficient (Wildman–Crippen LogP) is 2.41. The Bertz CT molecular complexity index is 443. The second-order valence-corrected chi connectivity index (χ2v) is 4.60. The van der Waals surface area contributed by atoms with Crippen LogP contribution in [0.25, 0.3) is 0 Å². The largest absolute Gasteiger partial charge is 0.273 e. The molecule has 4 nitrogen and oxygen atoms in total. The van der Waals surface area contributed by atoms with Crippen molar-refractivity contribution in [3.63, 3.8) is 0 Å². The summed E-state index contributed by atoms with van der Waals surface area (Å²) in [6.07, 6.45) is 5.70. The molecule has 2 heterocycles. The lowest BCUT2D eigenvalue weighted by Gasteiger charge is -1.96. The van der Waals surface area contributed by atoms with E-state index in [1.54, 1.807) is 0 Å². The minimum absolute atomic E-state index is 0.693. The smallest absolute Gasteiger partial charge is 0.141 e. The van der Waals surface area contributed by atoms with Gasteiger partial charge in [-0.05, 0) is 29.5 Å². The molecule has 0 bridgehead atoms. The molecule has 0 amide bonds. The van der Waals surface area contributed by atoms with E-state index in [2.05, 4.69) is 39.7 Å². The zero-order chi connectivity index (χ0) is 10.8. The predicted molar refractivity (Wildman–Crippen MR) is 67.0 cm³/mol. The minimum Gasteiger partial charge on any atom is -0.273 e. The number of hydrogen-bond acceptors (Lipinski definition) is 2. The molecule has 2 aromatic heterocycles. The zero-order valence-corrected chi connectivity index (χ0v) is 11.1. The molecule has 0 aliphatic rings. The summed E-state index contributed by atoms with van der Waals surface area (Å²) in [5.41, 5.74) is 1.13. The van der Waals surface area contributed by atoms with Gasteiger partial charge < -0.3 is 0 Å². The van der Waals surface area contributed by atoms with Gasteiger partial charge in [-0.25, -0.2) is 0 Å². The van der Waals surface area contributed by atoms with Gasteiger partial charge in [-0.3, -0.25) is 9.36 Å². The summed E-state index contributed by atoms with van der Waals surface area (Å²) in [4.78, 5) is 0. The third kappa shape index (κ3) is 2.52. The van der Waals surface area contributed by atoms with E-state index in [-0.39, 0.29) is 0 Å². The molecule has 0 spiro atoms. The van der Waals surface area contributed by atoms with Crippen LogP contribution >= 0.6 is 34.2 Å². The fourth-order valence-electron chi connectivity index (χ4n) is 1.30. The maximum absolute atomic E-state index is 5.92. The molecule has 0 aliphatic carbocycles. The standard InChI is InChI=1S/C9H10ClIN4/c1-2-14-4-7(3-12-14)5-15-6-8(10)9(11)13-15/h3-4,6H,2,5H2,1H3. The molecule has 80 valence electrons. The van der Waals surface area contributed by atoms with E-state index in [4.69, 9.17) is 11.6 Å². The second-order valence-electron chi connectivity index (χ2n) is 3.17. The fourth-order valence-corrected chi connectivity index (χ4v) is 1.87. The summed E-state index contributed by atoms with van der Waals surface area (Å²) in [6.45, 7) is 3.66. The van der Waals surface area contributed by atoms with Crippen LogP contribution in [0.4, 0.5) is 0 Å². The van der Waals surface area contributed by atoms with E-state index >= 15 is 0 Å². The first-order valence-electron chi connectivity index (χ1n) is 4.59. The van der Waals surface area contributed by atoms with Crippen LogP contribution < -0.4 is 0 Å². The number of aromatic nitrogens is 4. The van der Waals surface area contributed by atoms with Crippen molar-refractivity contribution in [1.29, 1.82) is 0 Å². The van der Waals surface area contributed by atoms with Gasteiger partial charge in [0.2, 0.25) is 0 Å². The van der Waals surface area contributed by atoms with Gasteiger partial charge in [0.25, 0.3) is 0 Å². The molecule has 0 saturated heterocycles. The summed E-state index contributed by atoms with van der Waals surface area (Å²) in [5.74, 6) is 0. The molecule has 0 atom stereocenters. The molecule has 15 heavy (non-hydrogen) atoms. The molecule has 0 aromatic carbocycles. The molecular weight excluding hydrogens is 326 g/mol. The van der Waals surface area contributed by atoms with Crippen LogP contribution in [0.3, 0.4) is 0 Å². The Morgan fingerprint density at radius 2 is 2.20 bits per heavy atom. The molecule has 2 rings (SSSR count). The fraction of sp³-hybridized carbons (Fsp3) is 0.333. The highest BCUT2D eigenvalue weighted by atomic mass is 127. The summed E-state index contributed by atoms with van der Waals surface area (Å²) in [6, 6.07) is 0. The number of halogens is 2. The first kappa shape index (κ1) is 10.9. The lowest BCUT2D eigenvalue weighted by Crippen LogP contribution is -1.99. The van der Waals surface area contributed by atoms with Crippen molar-refractivity contribution in [2.75, 3.05) is 0 Å². The van der Waals surface area contributed by atoms with Crippen LogP contribution in [0.15, 0.2) is 18.6 Å². The Labute approximate surface area is 106 Å². The van der Waals surface area contributed by atoms with E-state index in [9.17, 15) is 0 Å². The maximum Gasteiger partial charge on any atom is 0.141 e. The summed E-state index contributed by atoms with van der Waals surface area (Å²) >= 11 is 8.03. The van der Waals surface area contributed by atoms with E-state index in [1.807, 2.05) is 28.0 Å². The number of rotatable bonds is 3. The lowest BCUT2D eigenvalue weighted by atomic mass is 10.4. The second kappa shape index (κ2) is 4.52. The van der Waals surface area contributed by atoms with Crippen molar-refractivity contribution in [2.45, 2.75) is 20.0 Å². The van der Waals surface area contributed by atoms with Gasteiger partial charge in [0.15, 0.2) is 0 Å². The monoisotopic (exact) mass is 336 g/mol. The van der Waals surface area contributed by atoms with E-state index in [1.165, 1.54) is 0 Å². The minimum atomic E-state index is 0.693. The van der Waals surface area contributed by atoms with E-state index in [0.717, 1.165) is 15.8 Å². The van der Waals surface area contributed by atoms with Gasteiger partial charge >= 0.3 is 0 Å². The van der Waals surface area contributed by atoms with E-state index in [0.29, 0.717) is 11.6 Å². The molecule has 0 N–H and O–H groups in total. The lowest BCUT2D eigenvalue weighted by molar-refractivity contribution is 0.654. The van der Waals surface area contributed by atoms with Gasteiger partial charge in [0.1, 0.15) is 3.70 Å². The Morgan fingerprint density at radius 1 is 1.40 bits per heavy atom. The molecule has 0 unspecified atom stereocenters. The van der Waals surface area contributed by atoms with E-state index < -0.39 is 0 Å². The third-order valence-corrected chi connectivity index (χ3v) is 3.42. The SMILES string of the molecule is CCn1cc(Cn2cc(Cl)c(I)n2)cn1. The van der Waals surface area contributed by atoms with Crippen LogP contribution in [0, 0.1) is 3.70 Å². The van der Waals surface area contributed by atoms with Crippen LogP contribution in [0.2, 0.25) is 5.02 Å². The summed E-state index contributed by atoms with van der Waals surface area (Å²) in [7, 11) is 0. The van der Waals surface area contributed by atoms with Crippen LogP contribution in [0.1, 0.15) is 12.5 Å². The summed E-state index contributed by atoms with van der Waals surface area (Å²) < 4.78 is 4.55. The highest BCUT2D eigenvalue weighted by Crippen LogP contribution is 2.16. The van der Waals surface area contributed by atoms with Crippen molar-refractivity contribution < 1.29 is 0 Å². The average molecular weight is 337 g/mol. The first-order valence-corrected chi connectivity index (χ1v) is 6.04. The van der Waals surface area contributed by atoms with Gasteiger partial charge in [0, 0.05) is 24.5 Å². The number of aryl methyl sites for hydroxylation is 1. The molecule has 0 saturated carbocycles. The van der Waals surface area contributed by atoms with Crippen LogP contribution in [-0.4, -0.2) is 19.6 Å². The third-order valence-electron chi connectivity index (χ3n) is 2.03. The highest BCUT2D eigenvalue weighted by Gasteiger charge is 2.04. The van der Waals surface area contributed by atoms with Crippen molar-refractivity contribution in [3.05, 3.63) is 32.9 Å².